The molecular weight excluding hydrogens is 248 g/mol. The van der Waals surface area contributed by atoms with Crippen molar-refractivity contribution in [3.05, 3.63) is 0 Å². The van der Waals surface area contributed by atoms with Gasteiger partial charge in [0.15, 0.2) is 0 Å². The van der Waals surface area contributed by atoms with Crippen LogP contribution in [0.1, 0.15) is 52.9 Å². The van der Waals surface area contributed by atoms with Gasteiger partial charge >= 0.3 is 0 Å². The summed E-state index contributed by atoms with van der Waals surface area (Å²) in [5.74, 6) is 2.29. The standard InChI is InChI=1S/C17H36N2O/c1-5-6-15-7-8-17(18)16(11-15)13-19(9-10-20-4)12-14(2)3/h14-17H,5-13,18H2,1-4H3. The van der Waals surface area contributed by atoms with Crippen LogP contribution in [0, 0.1) is 17.8 Å². The maximum atomic E-state index is 6.39. The smallest absolute Gasteiger partial charge is 0.0589 e. The topological polar surface area (TPSA) is 38.5 Å². The molecule has 20 heavy (non-hydrogen) atoms. The van der Waals surface area contributed by atoms with Crippen LogP contribution in [0.4, 0.5) is 0 Å². The summed E-state index contributed by atoms with van der Waals surface area (Å²) in [4.78, 5) is 2.56. The summed E-state index contributed by atoms with van der Waals surface area (Å²) in [5.41, 5.74) is 6.39. The highest BCUT2D eigenvalue weighted by atomic mass is 16.5. The summed E-state index contributed by atoms with van der Waals surface area (Å²) >= 11 is 0. The van der Waals surface area contributed by atoms with Gasteiger partial charge in [-0.3, -0.25) is 0 Å². The Morgan fingerprint density at radius 2 is 2.05 bits per heavy atom. The molecule has 120 valence electrons. The van der Waals surface area contributed by atoms with Crippen LogP contribution in [0.25, 0.3) is 0 Å². The van der Waals surface area contributed by atoms with E-state index in [2.05, 4.69) is 25.7 Å². The Kier molecular flexibility index (Phi) is 8.74. The third-order valence-corrected chi connectivity index (χ3v) is 4.57. The van der Waals surface area contributed by atoms with Crippen molar-refractivity contribution in [3.8, 4) is 0 Å². The predicted molar refractivity (Wildman–Crippen MR) is 86.9 cm³/mol. The molecule has 1 aliphatic rings. The van der Waals surface area contributed by atoms with Crippen LogP contribution < -0.4 is 5.73 Å². The van der Waals surface area contributed by atoms with E-state index < -0.39 is 0 Å². The second-order valence-corrected chi connectivity index (χ2v) is 7.04. The van der Waals surface area contributed by atoms with E-state index in [1.807, 2.05) is 0 Å². The van der Waals surface area contributed by atoms with Crippen molar-refractivity contribution in [2.45, 2.75) is 58.9 Å². The molecule has 1 fully saturated rings. The maximum Gasteiger partial charge on any atom is 0.0589 e. The molecule has 3 nitrogen and oxygen atoms in total. The number of nitrogens with two attached hydrogens (primary N) is 1. The summed E-state index contributed by atoms with van der Waals surface area (Å²) in [6.07, 6.45) is 6.58. The zero-order valence-corrected chi connectivity index (χ0v) is 14.1. The van der Waals surface area contributed by atoms with Gasteiger partial charge in [-0.25, -0.2) is 0 Å². The fourth-order valence-corrected chi connectivity index (χ4v) is 3.59. The largest absolute Gasteiger partial charge is 0.383 e. The normalized spacial score (nSPS) is 27.4. The minimum atomic E-state index is 0.403. The predicted octanol–water partition coefficient (Wildman–Crippen LogP) is 3.13. The minimum absolute atomic E-state index is 0.403. The van der Waals surface area contributed by atoms with E-state index in [1.165, 1.54) is 32.1 Å². The number of ether oxygens (including phenoxy) is 1. The van der Waals surface area contributed by atoms with Crippen molar-refractivity contribution in [2.24, 2.45) is 23.5 Å². The minimum Gasteiger partial charge on any atom is -0.383 e. The lowest BCUT2D eigenvalue weighted by atomic mass is 9.76. The van der Waals surface area contributed by atoms with Gasteiger partial charge in [-0.2, -0.15) is 0 Å². The SMILES string of the molecule is CCCC1CCC(N)C(CN(CCOC)CC(C)C)C1. The van der Waals surface area contributed by atoms with Crippen LogP contribution in [0.2, 0.25) is 0 Å². The second kappa shape index (κ2) is 9.75. The van der Waals surface area contributed by atoms with Crippen molar-refractivity contribution in [1.82, 2.24) is 4.90 Å². The number of nitrogens with zero attached hydrogens (tertiary/aromatic N) is 1. The lowest BCUT2D eigenvalue weighted by Gasteiger charge is -2.37. The van der Waals surface area contributed by atoms with Gasteiger partial charge in [0.05, 0.1) is 6.61 Å². The Morgan fingerprint density at radius 3 is 2.65 bits per heavy atom. The van der Waals surface area contributed by atoms with Crippen molar-refractivity contribution in [2.75, 3.05) is 33.4 Å². The molecule has 0 aliphatic heterocycles. The summed E-state index contributed by atoms with van der Waals surface area (Å²) in [7, 11) is 1.79. The molecular formula is C17H36N2O. The monoisotopic (exact) mass is 284 g/mol. The third kappa shape index (κ3) is 6.55. The van der Waals surface area contributed by atoms with Crippen LogP contribution in [0.15, 0.2) is 0 Å². The van der Waals surface area contributed by atoms with Crippen molar-refractivity contribution in [1.29, 1.82) is 0 Å². The molecule has 0 aromatic carbocycles. The van der Waals surface area contributed by atoms with E-state index in [4.69, 9.17) is 10.5 Å². The zero-order valence-electron chi connectivity index (χ0n) is 14.1. The van der Waals surface area contributed by atoms with Crippen molar-refractivity contribution >= 4 is 0 Å². The molecule has 0 radical (unpaired) electrons. The Morgan fingerprint density at radius 1 is 1.30 bits per heavy atom. The molecule has 1 rings (SSSR count). The summed E-state index contributed by atoms with van der Waals surface area (Å²) < 4.78 is 5.26. The van der Waals surface area contributed by atoms with E-state index in [0.29, 0.717) is 17.9 Å². The highest BCUT2D eigenvalue weighted by Crippen LogP contribution is 2.31. The van der Waals surface area contributed by atoms with Gasteiger partial charge in [-0.05, 0) is 37.0 Å². The molecule has 1 saturated carbocycles. The summed E-state index contributed by atoms with van der Waals surface area (Å²) in [6.45, 7) is 11.1. The molecule has 0 bridgehead atoms. The number of hydrogen-bond acceptors (Lipinski definition) is 3. The maximum absolute atomic E-state index is 6.39. The Balaban J connectivity index is 2.50. The number of hydrogen-bond donors (Lipinski definition) is 1. The lowest BCUT2D eigenvalue weighted by Crippen LogP contribution is -2.44. The van der Waals surface area contributed by atoms with Gasteiger partial charge in [0.1, 0.15) is 0 Å². The Labute approximate surface area is 126 Å². The van der Waals surface area contributed by atoms with Crippen molar-refractivity contribution in [3.63, 3.8) is 0 Å². The molecule has 0 amide bonds. The summed E-state index contributed by atoms with van der Waals surface area (Å²) in [5, 5.41) is 0. The molecule has 0 aromatic heterocycles. The first-order chi connectivity index (χ1) is 9.56. The Hall–Kier alpha value is -0.120. The molecule has 0 heterocycles. The van der Waals surface area contributed by atoms with E-state index in [-0.39, 0.29) is 0 Å². The molecule has 2 N–H and O–H groups in total. The first-order valence-corrected chi connectivity index (χ1v) is 8.53. The third-order valence-electron chi connectivity index (χ3n) is 4.57. The number of methoxy groups -OCH3 is 1. The molecule has 0 saturated heterocycles. The summed E-state index contributed by atoms with van der Waals surface area (Å²) in [6, 6.07) is 0.403. The van der Waals surface area contributed by atoms with Gasteiger partial charge < -0.3 is 15.4 Å². The molecule has 3 atom stereocenters. The highest BCUT2D eigenvalue weighted by molar-refractivity contribution is 4.84. The average molecular weight is 284 g/mol. The average Bonchev–Trinajstić information content (AvgIpc) is 2.39. The highest BCUT2D eigenvalue weighted by Gasteiger charge is 2.29. The van der Waals surface area contributed by atoms with Crippen molar-refractivity contribution < 1.29 is 4.74 Å². The van der Waals surface area contributed by atoms with Crippen LogP contribution in [0.5, 0.6) is 0 Å². The van der Waals surface area contributed by atoms with Gasteiger partial charge in [-0.1, -0.05) is 33.6 Å². The van der Waals surface area contributed by atoms with E-state index in [0.717, 1.165) is 32.2 Å². The van der Waals surface area contributed by atoms with Gasteiger partial charge in [-0.15, -0.1) is 0 Å². The van der Waals surface area contributed by atoms with Crippen LogP contribution in [-0.2, 0) is 4.74 Å². The van der Waals surface area contributed by atoms with Gasteiger partial charge in [0.2, 0.25) is 0 Å². The van der Waals surface area contributed by atoms with Gasteiger partial charge in [0, 0.05) is 32.8 Å². The number of rotatable bonds is 9. The first-order valence-electron chi connectivity index (χ1n) is 8.53. The molecule has 0 spiro atoms. The van der Waals surface area contributed by atoms with E-state index >= 15 is 0 Å². The van der Waals surface area contributed by atoms with Gasteiger partial charge in [0.25, 0.3) is 0 Å². The molecule has 0 aromatic rings. The van der Waals surface area contributed by atoms with Crippen LogP contribution in [0.3, 0.4) is 0 Å². The fourth-order valence-electron chi connectivity index (χ4n) is 3.59. The molecule has 1 aliphatic carbocycles. The van der Waals surface area contributed by atoms with Crippen LogP contribution in [-0.4, -0.2) is 44.3 Å². The first kappa shape index (κ1) is 17.9. The fraction of sp³-hybridized carbons (Fsp3) is 1.00. The molecule has 3 heteroatoms. The van der Waals surface area contributed by atoms with E-state index in [1.54, 1.807) is 7.11 Å². The van der Waals surface area contributed by atoms with Crippen LogP contribution >= 0.6 is 0 Å². The zero-order chi connectivity index (χ0) is 15.0. The second-order valence-electron chi connectivity index (χ2n) is 7.04. The lowest BCUT2D eigenvalue weighted by molar-refractivity contribution is 0.105. The van der Waals surface area contributed by atoms with E-state index in [9.17, 15) is 0 Å². The quantitative estimate of drug-likeness (QED) is 0.707. The molecule has 3 unspecified atom stereocenters. The Bertz CT molecular complexity index is 245.